The first-order valence-corrected chi connectivity index (χ1v) is 7.54. The van der Waals surface area contributed by atoms with E-state index in [0.717, 1.165) is 14.5 Å². The molecule has 3 nitrogen and oxygen atoms in total. The first kappa shape index (κ1) is 14.5. The molecule has 0 aliphatic rings. The number of nitrogens with zero attached hydrogens (tertiary/aromatic N) is 2. The van der Waals surface area contributed by atoms with Crippen LogP contribution in [0, 0.1) is 6.92 Å². The summed E-state index contributed by atoms with van der Waals surface area (Å²) in [6.07, 6.45) is 1.66. The third-order valence-electron chi connectivity index (χ3n) is 2.82. The van der Waals surface area contributed by atoms with Crippen molar-refractivity contribution in [2.45, 2.75) is 26.8 Å². The molecule has 0 radical (unpaired) electrons. The minimum absolute atomic E-state index is 0.0371. The van der Waals surface area contributed by atoms with Crippen LogP contribution >= 0.6 is 31.9 Å². The lowest BCUT2D eigenvalue weighted by Crippen LogP contribution is -2.14. The van der Waals surface area contributed by atoms with Crippen molar-refractivity contribution in [2.75, 3.05) is 0 Å². The summed E-state index contributed by atoms with van der Waals surface area (Å²) in [4.78, 5) is 12.7. The van der Waals surface area contributed by atoms with E-state index in [0.29, 0.717) is 11.3 Å². The molecule has 0 amide bonds. The second kappa shape index (κ2) is 5.59. The SMILES string of the molecule is Cc1ccc(C(=O)c2c(Br)cnn2C(C)C)c(Br)c1. The van der Waals surface area contributed by atoms with Crippen LogP contribution in [-0.2, 0) is 0 Å². The summed E-state index contributed by atoms with van der Waals surface area (Å²) < 4.78 is 3.26. The molecule has 0 spiro atoms. The maximum Gasteiger partial charge on any atom is 0.213 e. The second-order valence-electron chi connectivity index (χ2n) is 4.69. The smallest absolute Gasteiger partial charge is 0.213 e. The summed E-state index contributed by atoms with van der Waals surface area (Å²) in [5, 5.41) is 4.24. The second-order valence-corrected chi connectivity index (χ2v) is 6.40. The fourth-order valence-electron chi connectivity index (χ4n) is 1.88. The Morgan fingerprint density at radius 3 is 2.53 bits per heavy atom. The molecule has 0 unspecified atom stereocenters. The lowest BCUT2D eigenvalue weighted by Gasteiger charge is -2.11. The van der Waals surface area contributed by atoms with Gasteiger partial charge in [0.1, 0.15) is 5.69 Å². The zero-order chi connectivity index (χ0) is 14.2. The number of aryl methyl sites for hydroxylation is 1. The highest BCUT2D eigenvalue weighted by atomic mass is 79.9. The summed E-state index contributed by atoms with van der Waals surface area (Å²) in [5.74, 6) is -0.0371. The molecule has 0 atom stereocenters. The highest BCUT2D eigenvalue weighted by Gasteiger charge is 2.21. The van der Waals surface area contributed by atoms with E-state index in [1.807, 2.05) is 39.0 Å². The fraction of sp³-hybridized carbons (Fsp3) is 0.286. The molecule has 2 rings (SSSR count). The largest absolute Gasteiger partial charge is 0.287 e. The molecule has 1 heterocycles. The van der Waals surface area contributed by atoms with Gasteiger partial charge in [-0.25, -0.2) is 0 Å². The Balaban J connectivity index is 2.53. The molecule has 0 aliphatic carbocycles. The summed E-state index contributed by atoms with van der Waals surface area (Å²) in [7, 11) is 0. The van der Waals surface area contributed by atoms with Gasteiger partial charge in [-0.2, -0.15) is 5.10 Å². The van der Waals surface area contributed by atoms with Crippen molar-refractivity contribution in [1.82, 2.24) is 9.78 Å². The fourth-order valence-corrected chi connectivity index (χ4v) is 3.00. The van der Waals surface area contributed by atoms with Crippen LogP contribution in [0.15, 0.2) is 33.3 Å². The summed E-state index contributed by atoms with van der Waals surface area (Å²) >= 11 is 6.86. The van der Waals surface area contributed by atoms with Crippen LogP contribution < -0.4 is 0 Å². The van der Waals surface area contributed by atoms with E-state index < -0.39 is 0 Å². The Bertz CT molecular complexity index is 632. The van der Waals surface area contributed by atoms with Gasteiger partial charge in [-0.3, -0.25) is 9.48 Å². The van der Waals surface area contributed by atoms with Crippen LogP contribution in [0.4, 0.5) is 0 Å². The van der Waals surface area contributed by atoms with Gasteiger partial charge in [0.15, 0.2) is 0 Å². The average Bonchev–Trinajstić information content (AvgIpc) is 2.70. The van der Waals surface area contributed by atoms with Crippen molar-refractivity contribution in [3.05, 3.63) is 50.2 Å². The van der Waals surface area contributed by atoms with Gasteiger partial charge in [-0.15, -0.1) is 0 Å². The molecule has 0 fully saturated rings. The molecular formula is C14H14Br2N2O. The summed E-state index contributed by atoms with van der Waals surface area (Å²) in [5.41, 5.74) is 2.34. The summed E-state index contributed by atoms with van der Waals surface area (Å²) in [6.45, 7) is 5.99. The topological polar surface area (TPSA) is 34.9 Å². The van der Waals surface area contributed by atoms with Gasteiger partial charge in [0.05, 0.1) is 10.7 Å². The number of halogens is 2. The standard InChI is InChI=1S/C14H14Br2N2O/c1-8(2)18-13(12(16)7-17-18)14(19)10-5-4-9(3)6-11(10)15/h4-8H,1-3H3. The Morgan fingerprint density at radius 2 is 1.95 bits per heavy atom. The average molecular weight is 386 g/mol. The van der Waals surface area contributed by atoms with Gasteiger partial charge in [0, 0.05) is 16.1 Å². The van der Waals surface area contributed by atoms with Gasteiger partial charge >= 0.3 is 0 Å². The van der Waals surface area contributed by atoms with Crippen LogP contribution in [0.3, 0.4) is 0 Å². The number of hydrogen-bond donors (Lipinski definition) is 0. The molecule has 2 aromatic rings. The van der Waals surface area contributed by atoms with Crippen LogP contribution in [0.1, 0.15) is 41.5 Å². The van der Waals surface area contributed by atoms with E-state index >= 15 is 0 Å². The minimum atomic E-state index is -0.0371. The maximum absolute atomic E-state index is 12.7. The van der Waals surface area contributed by atoms with E-state index in [4.69, 9.17) is 0 Å². The number of rotatable bonds is 3. The van der Waals surface area contributed by atoms with Crippen LogP contribution in [0.2, 0.25) is 0 Å². The maximum atomic E-state index is 12.7. The van der Waals surface area contributed by atoms with Crippen molar-refractivity contribution in [2.24, 2.45) is 0 Å². The number of hydrogen-bond acceptors (Lipinski definition) is 2. The lowest BCUT2D eigenvalue weighted by molar-refractivity contribution is 0.102. The third kappa shape index (κ3) is 2.82. The predicted molar refractivity (Wildman–Crippen MR) is 82.6 cm³/mol. The van der Waals surface area contributed by atoms with Crippen LogP contribution in [-0.4, -0.2) is 15.6 Å². The first-order chi connectivity index (χ1) is 8.91. The van der Waals surface area contributed by atoms with Crippen molar-refractivity contribution < 1.29 is 4.79 Å². The molecule has 0 saturated carbocycles. The zero-order valence-electron chi connectivity index (χ0n) is 10.9. The Kier molecular flexibility index (Phi) is 4.26. The van der Waals surface area contributed by atoms with E-state index in [1.54, 1.807) is 10.9 Å². The van der Waals surface area contributed by atoms with Gasteiger partial charge in [-0.1, -0.05) is 22.0 Å². The first-order valence-electron chi connectivity index (χ1n) is 5.95. The minimum Gasteiger partial charge on any atom is -0.287 e. The molecule has 0 bridgehead atoms. The van der Waals surface area contributed by atoms with Crippen LogP contribution in [0.5, 0.6) is 0 Å². The van der Waals surface area contributed by atoms with E-state index in [9.17, 15) is 4.79 Å². The Morgan fingerprint density at radius 1 is 1.26 bits per heavy atom. The van der Waals surface area contributed by atoms with E-state index in [2.05, 4.69) is 37.0 Å². The van der Waals surface area contributed by atoms with Crippen molar-refractivity contribution in [3.63, 3.8) is 0 Å². The molecule has 100 valence electrons. The molecule has 0 saturated heterocycles. The van der Waals surface area contributed by atoms with E-state index in [1.165, 1.54) is 0 Å². The number of ketones is 1. The van der Waals surface area contributed by atoms with E-state index in [-0.39, 0.29) is 11.8 Å². The van der Waals surface area contributed by atoms with Gasteiger partial charge in [-0.05, 0) is 54.4 Å². The molecule has 0 aliphatic heterocycles. The lowest BCUT2D eigenvalue weighted by atomic mass is 10.1. The Labute approximate surface area is 129 Å². The van der Waals surface area contributed by atoms with Crippen molar-refractivity contribution in [3.8, 4) is 0 Å². The number of carbonyl (C=O) groups excluding carboxylic acids is 1. The molecular weight excluding hydrogens is 372 g/mol. The number of carbonyl (C=O) groups is 1. The monoisotopic (exact) mass is 384 g/mol. The predicted octanol–water partition coefficient (Wildman–Crippen LogP) is 4.53. The van der Waals surface area contributed by atoms with Gasteiger partial charge in [0.2, 0.25) is 5.78 Å². The highest BCUT2D eigenvalue weighted by Crippen LogP contribution is 2.26. The van der Waals surface area contributed by atoms with Crippen LogP contribution in [0.25, 0.3) is 0 Å². The normalized spacial score (nSPS) is 11.1. The Hall–Kier alpha value is -0.940. The molecule has 1 aromatic heterocycles. The molecule has 5 heteroatoms. The third-order valence-corrected chi connectivity index (χ3v) is 4.06. The van der Waals surface area contributed by atoms with Crippen molar-refractivity contribution >= 4 is 37.6 Å². The zero-order valence-corrected chi connectivity index (χ0v) is 14.1. The van der Waals surface area contributed by atoms with Gasteiger partial charge < -0.3 is 0 Å². The molecule has 0 N–H and O–H groups in total. The highest BCUT2D eigenvalue weighted by molar-refractivity contribution is 9.10. The number of benzene rings is 1. The quantitative estimate of drug-likeness (QED) is 0.727. The van der Waals surface area contributed by atoms with Gasteiger partial charge in [0.25, 0.3) is 0 Å². The van der Waals surface area contributed by atoms with Crippen molar-refractivity contribution in [1.29, 1.82) is 0 Å². The molecule has 1 aromatic carbocycles. The summed E-state index contributed by atoms with van der Waals surface area (Å²) in [6, 6.07) is 5.85. The number of aromatic nitrogens is 2. The molecule has 19 heavy (non-hydrogen) atoms.